The van der Waals surface area contributed by atoms with Crippen molar-refractivity contribution in [3.8, 4) is 22.4 Å². The molecular weight excluding hydrogens is 456 g/mol. The van der Waals surface area contributed by atoms with Crippen molar-refractivity contribution in [2.45, 2.75) is 45.6 Å². The Hall–Kier alpha value is -3.70. The van der Waals surface area contributed by atoms with Gasteiger partial charge in [0.2, 0.25) is 0 Å². The Balaban J connectivity index is 1.68. The Morgan fingerprint density at radius 2 is 1.51 bits per heavy atom. The number of nitrogens with zero attached hydrogens (tertiary/aromatic N) is 3. The van der Waals surface area contributed by atoms with Gasteiger partial charge >= 0.3 is 0 Å². The first-order valence-corrected chi connectivity index (χ1v) is 13.4. The van der Waals surface area contributed by atoms with Crippen molar-refractivity contribution in [1.82, 2.24) is 14.5 Å². The van der Waals surface area contributed by atoms with Gasteiger partial charge in [-0.2, -0.15) is 0 Å². The standard InChI is InChI=1S/C32H36N4O/c1-24(2)30-29(32(37)34-27-14-7-4-8-15-27)28(25-12-5-3-6-13-25)31(26-16-18-33-19-17-26)36(30)23-11-22-35-20-9-10-21-35/h3-8,12-19,24H,9-11,20-23H2,1-2H3,(H,34,37). The summed E-state index contributed by atoms with van der Waals surface area (Å²) in [6.07, 6.45) is 7.31. The lowest BCUT2D eigenvalue weighted by Crippen LogP contribution is -2.22. The normalized spacial score (nSPS) is 13.8. The lowest BCUT2D eigenvalue weighted by atomic mass is 9.94. The van der Waals surface area contributed by atoms with Crippen molar-refractivity contribution in [2.24, 2.45) is 0 Å². The quantitative estimate of drug-likeness (QED) is 0.272. The average Bonchev–Trinajstić information content (AvgIpc) is 3.57. The van der Waals surface area contributed by atoms with Gasteiger partial charge in [-0.15, -0.1) is 0 Å². The third-order valence-corrected chi connectivity index (χ3v) is 7.18. The Kier molecular flexibility index (Phi) is 7.81. The molecule has 0 bridgehead atoms. The van der Waals surface area contributed by atoms with E-state index < -0.39 is 0 Å². The molecule has 0 atom stereocenters. The number of carbonyl (C=O) groups excluding carboxylic acids is 1. The van der Waals surface area contributed by atoms with Crippen molar-refractivity contribution in [3.05, 3.63) is 96.4 Å². The van der Waals surface area contributed by atoms with Crippen LogP contribution in [0.3, 0.4) is 0 Å². The smallest absolute Gasteiger partial charge is 0.258 e. The van der Waals surface area contributed by atoms with Gasteiger partial charge < -0.3 is 14.8 Å². The summed E-state index contributed by atoms with van der Waals surface area (Å²) in [6, 6.07) is 24.2. The van der Waals surface area contributed by atoms with Crippen LogP contribution in [0.2, 0.25) is 0 Å². The van der Waals surface area contributed by atoms with Crippen molar-refractivity contribution in [3.63, 3.8) is 0 Å². The van der Waals surface area contributed by atoms with Crippen molar-refractivity contribution in [2.75, 3.05) is 25.0 Å². The fourth-order valence-electron chi connectivity index (χ4n) is 5.57. The summed E-state index contributed by atoms with van der Waals surface area (Å²) in [6.45, 7) is 8.71. The van der Waals surface area contributed by atoms with Crippen molar-refractivity contribution >= 4 is 11.6 Å². The molecule has 5 nitrogen and oxygen atoms in total. The second-order valence-electron chi connectivity index (χ2n) is 10.1. The van der Waals surface area contributed by atoms with Crippen LogP contribution in [0.5, 0.6) is 0 Å². The third kappa shape index (κ3) is 5.52. The van der Waals surface area contributed by atoms with Gasteiger partial charge in [0.15, 0.2) is 0 Å². The fourth-order valence-corrected chi connectivity index (χ4v) is 5.57. The van der Waals surface area contributed by atoms with E-state index in [2.05, 4.69) is 57.9 Å². The molecule has 1 saturated heterocycles. The number of para-hydroxylation sites is 1. The maximum atomic E-state index is 14.1. The van der Waals surface area contributed by atoms with Crippen LogP contribution in [0.1, 0.15) is 55.1 Å². The number of nitrogens with one attached hydrogen (secondary N) is 1. The summed E-state index contributed by atoms with van der Waals surface area (Å²) < 4.78 is 2.41. The van der Waals surface area contributed by atoms with Gasteiger partial charge in [0, 0.05) is 41.4 Å². The molecule has 1 amide bonds. The molecule has 5 heteroatoms. The first-order chi connectivity index (χ1) is 18.1. The van der Waals surface area contributed by atoms with Crippen molar-refractivity contribution in [1.29, 1.82) is 0 Å². The van der Waals surface area contributed by atoms with E-state index >= 15 is 0 Å². The van der Waals surface area contributed by atoms with Crippen LogP contribution in [0, 0.1) is 0 Å². The van der Waals surface area contributed by atoms with Gasteiger partial charge in [-0.25, -0.2) is 0 Å². The van der Waals surface area contributed by atoms with Crippen LogP contribution >= 0.6 is 0 Å². The maximum Gasteiger partial charge on any atom is 0.258 e. The Labute approximate surface area is 220 Å². The van der Waals surface area contributed by atoms with Gasteiger partial charge in [-0.3, -0.25) is 9.78 Å². The molecule has 190 valence electrons. The summed E-state index contributed by atoms with van der Waals surface area (Å²) >= 11 is 0. The first kappa shape index (κ1) is 25.0. The van der Waals surface area contributed by atoms with E-state index in [0.717, 1.165) is 58.8 Å². The third-order valence-electron chi connectivity index (χ3n) is 7.18. The largest absolute Gasteiger partial charge is 0.343 e. The molecular formula is C32H36N4O. The number of likely N-dealkylation sites (tertiary alicyclic amines) is 1. The molecule has 1 fully saturated rings. The van der Waals surface area contributed by atoms with E-state index in [-0.39, 0.29) is 11.8 Å². The monoisotopic (exact) mass is 492 g/mol. The minimum atomic E-state index is -0.0673. The molecule has 1 N–H and O–H groups in total. The number of hydrogen-bond acceptors (Lipinski definition) is 3. The Morgan fingerprint density at radius 3 is 2.16 bits per heavy atom. The summed E-state index contributed by atoms with van der Waals surface area (Å²) in [5, 5.41) is 3.18. The molecule has 0 spiro atoms. The van der Waals surface area contributed by atoms with Crippen LogP contribution in [-0.2, 0) is 6.54 Å². The van der Waals surface area contributed by atoms with E-state index in [1.165, 1.54) is 25.9 Å². The zero-order valence-corrected chi connectivity index (χ0v) is 21.9. The van der Waals surface area contributed by atoms with Crippen LogP contribution in [-0.4, -0.2) is 40.0 Å². The highest BCUT2D eigenvalue weighted by Gasteiger charge is 2.30. The van der Waals surface area contributed by atoms with Gasteiger partial charge in [0.25, 0.3) is 5.91 Å². The topological polar surface area (TPSA) is 50.2 Å². The zero-order valence-electron chi connectivity index (χ0n) is 21.9. The van der Waals surface area contributed by atoms with Crippen LogP contribution < -0.4 is 5.32 Å². The SMILES string of the molecule is CC(C)c1c(C(=O)Nc2ccccc2)c(-c2ccccc2)c(-c2ccncc2)n1CCCN1CCCC1. The number of benzene rings is 2. The molecule has 0 radical (unpaired) electrons. The minimum Gasteiger partial charge on any atom is -0.343 e. The Morgan fingerprint density at radius 1 is 0.865 bits per heavy atom. The minimum absolute atomic E-state index is 0.0673. The van der Waals surface area contributed by atoms with E-state index in [9.17, 15) is 4.79 Å². The van der Waals surface area contributed by atoms with Crippen LogP contribution in [0.15, 0.2) is 85.2 Å². The molecule has 0 saturated carbocycles. The predicted octanol–water partition coefficient (Wildman–Crippen LogP) is 7.08. The lowest BCUT2D eigenvalue weighted by Gasteiger charge is -2.19. The number of hydrogen-bond donors (Lipinski definition) is 1. The molecule has 5 rings (SSSR count). The average molecular weight is 493 g/mol. The Bertz CT molecular complexity index is 1310. The van der Waals surface area contributed by atoms with Gasteiger partial charge in [0.1, 0.15) is 0 Å². The van der Waals surface area contributed by atoms with Crippen LogP contribution in [0.25, 0.3) is 22.4 Å². The molecule has 1 aliphatic rings. The fraction of sp³-hybridized carbons (Fsp3) is 0.312. The first-order valence-electron chi connectivity index (χ1n) is 13.4. The lowest BCUT2D eigenvalue weighted by molar-refractivity contribution is 0.102. The number of carbonyl (C=O) groups is 1. The van der Waals surface area contributed by atoms with Gasteiger partial charge in [-0.1, -0.05) is 62.4 Å². The number of pyridine rings is 1. The van der Waals surface area contributed by atoms with Gasteiger partial charge in [-0.05, 0) is 74.6 Å². The molecule has 4 aromatic rings. The highest BCUT2D eigenvalue weighted by molar-refractivity contribution is 6.12. The van der Waals surface area contributed by atoms with E-state index in [4.69, 9.17) is 0 Å². The predicted molar refractivity (Wildman–Crippen MR) is 152 cm³/mol. The summed E-state index contributed by atoms with van der Waals surface area (Å²) in [7, 11) is 0. The van der Waals surface area contributed by atoms with E-state index in [1.807, 2.05) is 60.9 Å². The maximum absolute atomic E-state index is 14.1. The summed E-state index contributed by atoms with van der Waals surface area (Å²) in [5.41, 5.74) is 6.86. The van der Waals surface area contributed by atoms with E-state index in [1.54, 1.807) is 0 Å². The second-order valence-corrected chi connectivity index (χ2v) is 10.1. The second kappa shape index (κ2) is 11.6. The van der Waals surface area contributed by atoms with Gasteiger partial charge in [0.05, 0.1) is 11.3 Å². The molecule has 1 aliphatic heterocycles. The molecule has 2 aromatic heterocycles. The number of rotatable bonds is 9. The van der Waals surface area contributed by atoms with E-state index in [0.29, 0.717) is 0 Å². The highest BCUT2D eigenvalue weighted by Crippen LogP contribution is 2.42. The summed E-state index contributed by atoms with van der Waals surface area (Å²) in [5.74, 6) is 0.101. The molecule has 0 aliphatic carbocycles. The summed E-state index contributed by atoms with van der Waals surface area (Å²) in [4.78, 5) is 20.9. The molecule has 37 heavy (non-hydrogen) atoms. The molecule has 0 unspecified atom stereocenters. The highest BCUT2D eigenvalue weighted by atomic mass is 16.1. The number of anilines is 1. The molecule has 2 aromatic carbocycles. The van der Waals surface area contributed by atoms with Crippen molar-refractivity contribution < 1.29 is 4.79 Å². The molecule has 3 heterocycles. The number of amides is 1. The van der Waals surface area contributed by atoms with Crippen LogP contribution in [0.4, 0.5) is 5.69 Å². The number of aromatic nitrogens is 2. The zero-order chi connectivity index (χ0) is 25.6.